The van der Waals surface area contributed by atoms with Crippen molar-refractivity contribution in [1.82, 2.24) is 50.4 Å². The van der Waals surface area contributed by atoms with Gasteiger partial charge in [0.1, 0.15) is 11.4 Å². The first-order chi connectivity index (χ1) is 12.4. The average molecular weight is 334 g/mol. The third-order valence-electron chi connectivity index (χ3n) is 3.50. The fourth-order valence-corrected chi connectivity index (χ4v) is 2.33. The monoisotopic (exact) mass is 334 g/mol. The molecule has 0 saturated carbocycles. The predicted octanol–water partition coefficient (Wildman–Crippen LogP) is 0.874. The molecule has 4 heterocycles. The molecule has 0 fully saturated rings. The molecule has 4 rings (SSSR count). The Morgan fingerprint density at radius 3 is 2.36 bits per heavy atom. The Kier molecular flexibility index (Phi) is 4.14. The molecule has 0 saturated heterocycles. The largest absolute Gasteiger partial charge is 0.253 e. The van der Waals surface area contributed by atoms with Gasteiger partial charge in [-0.3, -0.25) is 9.97 Å². The fraction of sp³-hybridized carbons (Fsp3) is 0.200. The quantitative estimate of drug-likeness (QED) is 0.510. The van der Waals surface area contributed by atoms with Crippen LogP contribution in [0, 0.1) is 0 Å². The van der Waals surface area contributed by atoms with Crippen molar-refractivity contribution in [3.63, 3.8) is 0 Å². The van der Waals surface area contributed by atoms with Crippen LogP contribution in [0.25, 0.3) is 23.0 Å². The van der Waals surface area contributed by atoms with Gasteiger partial charge in [-0.1, -0.05) is 12.1 Å². The summed E-state index contributed by atoms with van der Waals surface area (Å²) in [5.74, 6) is 1.15. The predicted molar refractivity (Wildman–Crippen MR) is 86.7 cm³/mol. The van der Waals surface area contributed by atoms with Gasteiger partial charge in [0.25, 0.3) is 0 Å². The van der Waals surface area contributed by atoms with Gasteiger partial charge in [0.05, 0.1) is 6.54 Å². The van der Waals surface area contributed by atoms with Gasteiger partial charge in [0.15, 0.2) is 0 Å². The number of nitrogens with zero attached hydrogens (tertiary/aromatic N) is 10. The maximum Gasteiger partial charge on any atom is 0.223 e. The molecule has 4 aromatic heterocycles. The molecule has 124 valence electrons. The normalized spacial score (nSPS) is 10.9. The Labute approximate surface area is 142 Å². The van der Waals surface area contributed by atoms with Crippen LogP contribution < -0.4 is 0 Å². The van der Waals surface area contributed by atoms with Crippen LogP contribution in [-0.4, -0.2) is 50.4 Å². The molecular formula is C15H14N10. The van der Waals surface area contributed by atoms with Gasteiger partial charge in [-0.2, -0.15) is 4.80 Å². The minimum Gasteiger partial charge on any atom is -0.253 e. The van der Waals surface area contributed by atoms with E-state index in [4.69, 9.17) is 0 Å². The highest BCUT2D eigenvalue weighted by Gasteiger charge is 2.10. The molecule has 0 aliphatic heterocycles. The molecule has 0 N–H and O–H groups in total. The van der Waals surface area contributed by atoms with Crippen molar-refractivity contribution in [2.24, 2.45) is 0 Å². The molecule has 25 heavy (non-hydrogen) atoms. The highest BCUT2D eigenvalue weighted by atomic mass is 15.6. The Bertz CT molecular complexity index is 931. The topological polar surface area (TPSA) is 113 Å². The van der Waals surface area contributed by atoms with Crippen molar-refractivity contribution >= 4 is 0 Å². The number of hydrogen-bond acceptors (Lipinski definition) is 8. The average Bonchev–Trinajstić information content (AvgIpc) is 3.33. The minimum atomic E-state index is 0.511. The van der Waals surface area contributed by atoms with Crippen molar-refractivity contribution in [1.29, 1.82) is 0 Å². The molecule has 0 aliphatic carbocycles. The number of aromatic nitrogens is 10. The molecule has 0 bridgehead atoms. The van der Waals surface area contributed by atoms with Gasteiger partial charge in [-0.25, -0.2) is 4.68 Å². The van der Waals surface area contributed by atoms with E-state index in [2.05, 4.69) is 40.9 Å². The molecule has 0 radical (unpaired) electrons. The van der Waals surface area contributed by atoms with Crippen molar-refractivity contribution in [3.05, 3.63) is 48.8 Å². The van der Waals surface area contributed by atoms with Crippen molar-refractivity contribution in [2.75, 3.05) is 0 Å². The van der Waals surface area contributed by atoms with Gasteiger partial charge in [-0.15, -0.1) is 15.3 Å². The maximum atomic E-state index is 4.34. The highest BCUT2D eigenvalue weighted by Crippen LogP contribution is 2.12. The van der Waals surface area contributed by atoms with Gasteiger partial charge < -0.3 is 0 Å². The molecular weight excluding hydrogens is 320 g/mol. The summed E-state index contributed by atoms with van der Waals surface area (Å²) in [6, 6.07) is 11.2. The molecule has 10 heteroatoms. The Morgan fingerprint density at radius 2 is 1.60 bits per heavy atom. The zero-order chi connectivity index (χ0) is 16.9. The summed E-state index contributed by atoms with van der Waals surface area (Å²) in [7, 11) is 0. The zero-order valence-corrected chi connectivity index (χ0v) is 13.2. The summed E-state index contributed by atoms with van der Waals surface area (Å²) in [5, 5.41) is 24.2. The lowest BCUT2D eigenvalue weighted by Gasteiger charge is -2.03. The zero-order valence-electron chi connectivity index (χ0n) is 13.2. The van der Waals surface area contributed by atoms with E-state index in [1.54, 1.807) is 21.9 Å². The summed E-state index contributed by atoms with van der Waals surface area (Å²) < 4.78 is 1.72. The Morgan fingerprint density at radius 1 is 0.800 bits per heavy atom. The molecule has 0 spiro atoms. The van der Waals surface area contributed by atoms with Crippen LogP contribution in [0.4, 0.5) is 0 Å². The van der Waals surface area contributed by atoms with E-state index < -0.39 is 0 Å². The first kappa shape index (κ1) is 15.0. The van der Waals surface area contributed by atoms with Crippen LogP contribution in [-0.2, 0) is 13.1 Å². The van der Waals surface area contributed by atoms with E-state index in [0.29, 0.717) is 30.4 Å². The lowest BCUT2D eigenvalue weighted by atomic mass is 10.3. The van der Waals surface area contributed by atoms with Gasteiger partial charge in [0, 0.05) is 18.9 Å². The summed E-state index contributed by atoms with van der Waals surface area (Å²) in [5.41, 5.74) is 1.44. The first-order valence-electron chi connectivity index (χ1n) is 7.77. The second kappa shape index (κ2) is 6.91. The summed E-state index contributed by atoms with van der Waals surface area (Å²) in [6.45, 7) is 1.22. The Balaban J connectivity index is 1.39. The fourth-order valence-electron chi connectivity index (χ4n) is 2.33. The molecule has 10 nitrogen and oxygen atoms in total. The molecule has 0 atom stereocenters. The number of pyridine rings is 2. The first-order valence-corrected chi connectivity index (χ1v) is 7.77. The SMILES string of the molecule is c1ccc(-c2nnn(CCCn3nnnc3-c3ccccn3)n2)nc1. The number of tetrazole rings is 2. The van der Waals surface area contributed by atoms with E-state index in [-0.39, 0.29) is 0 Å². The highest BCUT2D eigenvalue weighted by molar-refractivity contribution is 5.47. The van der Waals surface area contributed by atoms with Crippen molar-refractivity contribution < 1.29 is 0 Å². The van der Waals surface area contributed by atoms with Gasteiger partial charge in [-0.05, 0) is 46.3 Å². The third-order valence-corrected chi connectivity index (χ3v) is 3.50. The molecule has 0 aliphatic rings. The van der Waals surface area contributed by atoms with E-state index in [9.17, 15) is 0 Å². The number of aryl methyl sites for hydroxylation is 2. The second-order valence-electron chi connectivity index (χ2n) is 5.22. The Hall–Kier alpha value is -3.56. The van der Waals surface area contributed by atoms with Gasteiger partial charge in [0.2, 0.25) is 11.6 Å². The smallest absolute Gasteiger partial charge is 0.223 e. The summed E-state index contributed by atoms with van der Waals surface area (Å²) in [4.78, 5) is 10.0. The summed E-state index contributed by atoms with van der Waals surface area (Å²) in [6.07, 6.45) is 4.17. The van der Waals surface area contributed by atoms with Crippen LogP contribution in [0.2, 0.25) is 0 Å². The van der Waals surface area contributed by atoms with E-state index in [0.717, 1.165) is 12.1 Å². The maximum absolute atomic E-state index is 4.34. The summed E-state index contributed by atoms with van der Waals surface area (Å²) >= 11 is 0. The number of rotatable bonds is 6. The van der Waals surface area contributed by atoms with E-state index in [1.807, 2.05) is 36.4 Å². The van der Waals surface area contributed by atoms with Crippen LogP contribution in [0.1, 0.15) is 6.42 Å². The number of hydrogen-bond donors (Lipinski definition) is 0. The second-order valence-corrected chi connectivity index (χ2v) is 5.22. The lowest BCUT2D eigenvalue weighted by molar-refractivity contribution is 0.453. The van der Waals surface area contributed by atoms with E-state index in [1.165, 1.54) is 0 Å². The molecule has 0 unspecified atom stereocenters. The molecule has 0 aromatic carbocycles. The van der Waals surface area contributed by atoms with Crippen LogP contribution >= 0.6 is 0 Å². The van der Waals surface area contributed by atoms with Gasteiger partial charge >= 0.3 is 0 Å². The van der Waals surface area contributed by atoms with Crippen molar-refractivity contribution in [3.8, 4) is 23.0 Å². The molecule has 4 aromatic rings. The molecule has 0 amide bonds. The van der Waals surface area contributed by atoms with Crippen LogP contribution in [0.3, 0.4) is 0 Å². The van der Waals surface area contributed by atoms with E-state index >= 15 is 0 Å². The van der Waals surface area contributed by atoms with Crippen molar-refractivity contribution in [2.45, 2.75) is 19.5 Å². The lowest BCUT2D eigenvalue weighted by Crippen LogP contribution is -2.09. The minimum absolute atomic E-state index is 0.511. The van der Waals surface area contributed by atoms with Crippen LogP contribution in [0.15, 0.2) is 48.8 Å². The van der Waals surface area contributed by atoms with Crippen LogP contribution in [0.5, 0.6) is 0 Å². The standard InChI is InChI=1S/C15H14N10/c1-3-8-16-12(6-1)14-18-22-25(20-14)11-5-10-24-15(19-21-23-24)13-7-2-4-9-17-13/h1-4,6-9H,5,10-11H2. The third kappa shape index (κ3) is 3.37.